The van der Waals surface area contributed by atoms with Gasteiger partial charge in [0.2, 0.25) is 5.79 Å². The molecule has 0 fully saturated rings. The number of esters is 1. The maximum absolute atomic E-state index is 11.5. The van der Waals surface area contributed by atoms with Crippen molar-refractivity contribution in [1.29, 1.82) is 0 Å². The third-order valence-electron chi connectivity index (χ3n) is 2.41. The molecule has 1 heterocycles. The Morgan fingerprint density at radius 2 is 2.19 bits per heavy atom. The van der Waals surface area contributed by atoms with E-state index in [0.29, 0.717) is 5.56 Å². The maximum Gasteiger partial charge on any atom is 0.340 e. The molecule has 1 aliphatic rings. The van der Waals surface area contributed by atoms with Gasteiger partial charge in [0.15, 0.2) is 0 Å². The Bertz CT molecular complexity index is 475. The Morgan fingerprint density at radius 1 is 1.50 bits per heavy atom. The normalized spacial score (nSPS) is 23.5. The molecule has 1 aromatic rings. The van der Waals surface area contributed by atoms with Gasteiger partial charge >= 0.3 is 11.9 Å². The number of fused-ring (bicyclic) bond motifs is 1. The van der Waals surface area contributed by atoms with Gasteiger partial charge in [-0.3, -0.25) is 0 Å². The van der Waals surface area contributed by atoms with Crippen molar-refractivity contribution in [1.82, 2.24) is 0 Å². The van der Waals surface area contributed by atoms with Crippen LogP contribution in [-0.4, -0.2) is 27.9 Å². The molecule has 2 N–H and O–H groups in total. The molecule has 2 rings (SSSR count). The molecule has 0 aromatic heterocycles. The van der Waals surface area contributed by atoms with Crippen molar-refractivity contribution in [2.75, 3.05) is 0 Å². The van der Waals surface area contributed by atoms with Crippen LogP contribution in [0.3, 0.4) is 0 Å². The minimum absolute atomic E-state index is 0.0252. The number of cyclic esters (lactones) is 1. The van der Waals surface area contributed by atoms with Gasteiger partial charge in [-0.15, -0.1) is 0 Å². The number of aliphatic hydroxyl groups is 1. The highest BCUT2D eigenvalue weighted by Gasteiger charge is 2.34. The van der Waals surface area contributed by atoms with Crippen molar-refractivity contribution in [3.05, 3.63) is 34.9 Å². The number of rotatable bonds is 1. The van der Waals surface area contributed by atoms with Gasteiger partial charge in [-0.2, -0.15) is 0 Å². The summed E-state index contributed by atoms with van der Waals surface area (Å²) in [7, 11) is 0. The second kappa shape index (κ2) is 3.31. The zero-order valence-corrected chi connectivity index (χ0v) is 8.56. The van der Waals surface area contributed by atoms with Crippen LogP contribution in [-0.2, 0) is 11.2 Å². The predicted molar refractivity (Wildman–Crippen MR) is 53.1 cm³/mol. The van der Waals surface area contributed by atoms with E-state index in [-0.39, 0.29) is 17.5 Å². The van der Waals surface area contributed by atoms with Crippen LogP contribution in [0.4, 0.5) is 0 Å². The summed E-state index contributed by atoms with van der Waals surface area (Å²) in [6, 6.07) is 4.18. The summed E-state index contributed by atoms with van der Waals surface area (Å²) in [6.45, 7) is 1.39. The van der Waals surface area contributed by atoms with Gasteiger partial charge < -0.3 is 14.9 Å². The Kier molecular flexibility index (Phi) is 2.20. The van der Waals surface area contributed by atoms with E-state index < -0.39 is 17.7 Å². The maximum atomic E-state index is 11.5. The van der Waals surface area contributed by atoms with Gasteiger partial charge in [0.05, 0.1) is 11.1 Å². The molecule has 1 aliphatic heterocycles. The molecule has 0 bridgehead atoms. The van der Waals surface area contributed by atoms with Crippen molar-refractivity contribution in [3.63, 3.8) is 0 Å². The Morgan fingerprint density at radius 3 is 2.81 bits per heavy atom. The van der Waals surface area contributed by atoms with Gasteiger partial charge in [-0.25, -0.2) is 9.59 Å². The fourth-order valence-corrected chi connectivity index (χ4v) is 1.70. The molecule has 5 heteroatoms. The molecular formula is C11H10O5. The van der Waals surface area contributed by atoms with Crippen LogP contribution in [0.2, 0.25) is 0 Å². The van der Waals surface area contributed by atoms with Gasteiger partial charge in [0, 0.05) is 13.3 Å². The van der Waals surface area contributed by atoms with Crippen LogP contribution in [0.25, 0.3) is 0 Å². The second-order valence-electron chi connectivity index (χ2n) is 3.92. The molecule has 1 aromatic carbocycles. The van der Waals surface area contributed by atoms with Crippen molar-refractivity contribution in [2.45, 2.75) is 19.1 Å². The topological polar surface area (TPSA) is 83.8 Å². The van der Waals surface area contributed by atoms with E-state index in [1.807, 2.05) is 0 Å². The number of carboxylic acid groups (broad SMARTS) is 1. The van der Waals surface area contributed by atoms with Crippen molar-refractivity contribution in [3.8, 4) is 0 Å². The highest BCUT2D eigenvalue weighted by Crippen LogP contribution is 2.26. The lowest BCUT2D eigenvalue weighted by Crippen LogP contribution is -2.38. The average molecular weight is 222 g/mol. The zero-order chi connectivity index (χ0) is 11.9. The van der Waals surface area contributed by atoms with Gasteiger partial charge in [0.25, 0.3) is 0 Å². The van der Waals surface area contributed by atoms with Crippen LogP contribution in [0.15, 0.2) is 18.2 Å². The number of ether oxygens (including phenoxy) is 1. The van der Waals surface area contributed by atoms with Gasteiger partial charge in [-0.05, 0) is 17.7 Å². The number of carboxylic acids is 1. The number of benzene rings is 1. The smallest absolute Gasteiger partial charge is 0.340 e. The fourth-order valence-electron chi connectivity index (χ4n) is 1.70. The number of hydrogen-bond donors (Lipinski definition) is 2. The summed E-state index contributed by atoms with van der Waals surface area (Å²) in [6.07, 6.45) is 0.161. The molecule has 1 unspecified atom stereocenters. The predicted octanol–water partition coefficient (Wildman–Crippen LogP) is 0.806. The third kappa shape index (κ3) is 1.77. The molecule has 0 amide bonds. The molecule has 84 valence electrons. The van der Waals surface area contributed by atoms with E-state index in [1.165, 1.54) is 25.1 Å². The molecule has 0 saturated heterocycles. The standard InChI is InChI=1S/C11H10O5/c1-11(15)5-7-3-2-6(9(12)13)4-8(7)10(14)16-11/h2-4,15H,5H2,1H3,(H,12,13). The zero-order valence-electron chi connectivity index (χ0n) is 8.56. The molecule has 0 spiro atoms. The van der Waals surface area contributed by atoms with E-state index in [4.69, 9.17) is 9.84 Å². The summed E-state index contributed by atoms with van der Waals surface area (Å²) in [4.78, 5) is 22.2. The third-order valence-corrected chi connectivity index (χ3v) is 2.41. The lowest BCUT2D eigenvalue weighted by molar-refractivity contribution is -0.154. The Hall–Kier alpha value is -1.88. The number of carbonyl (C=O) groups is 2. The molecule has 5 nitrogen and oxygen atoms in total. The molecule has 0 radical (unpaired) electrons. The summed E-state index contributed by atoms with van der Waals surface area (Å²) in [5.41, 5.74) is 0.815. The van der Waals surface area contributed by atoms with Crippen molar-refractivity contribution in [2.24, 2.45) is 0 Å². The summed E-state index contributed by atoms with van der Waals surface area (Å²) in [5.74, 6) is -3.32. The van der Waals surface area contributed by atoms with Crippen LogP contribution in [0, 0.1) is 0 Å². The van der Waals surface area contributed by atoms with Crippen LogP contribution >= 0.6 is 0 Å². The van der Waals surface area contributed by atoms with Gasteiger partial charge in [-0.1, -0.05) is 6.07 Å². The largest absolute Gasteiger partial charge is 0.478 e. The molecule has 0 saturated carbocycles. The fraction of sp³-hybridized carbons (Fsp3) is 0.273. The van der Waals surface area contributed by atoms with Crippen molar-refractivity contribution < 1.29 is 24.5 Å². The minimum atomic E-state index is -1.52. The monoisotopic (exact) mass is 222 g/mol. The summed E-state index contributed by atoms with van der Waals surface area (Å²) < 4.78 is 4.76. The SMILES string of the molecule is CC1(O)Cc2ccc(C(=O)O)cc2C(=O)O1. The highest BCUT2D eigenvalue weighted by atomic mass is 16.7. The molecule has 1 atom stereocenters. The first-order chi connectivity index (χ1) is 7.39. The second-order valence-corrected chi connectivity index (χ2v) is 3.92. The summed E-state index contributed by atoms with van der Waals surface area (Å²) in [5, 5.41) is 18.4. The van der Waals surface area contributed by atoms with Crippen molar-refractivity contribution >= 4 is 11.9 Å². The molecule has 16 heavy (non-hydrogen) atoms. The number of hydrogen-bond acceptors (Lipinski definition) is 4. The van der Waals surface area contributed by atoms with Crippen LogP contribution in [0.5, 0.6) is 0 Å². The Balaban J connectivity index is 2.49. The summed E-state index contributed by atoms with van der Waals surface area (Å²) >= 11 is 0. The first-order valence-corrected chi connectivity index (χ1v) is 4.71. The minimum Gasteiger partial charge on any atom is -0.478 e. The quantitative estimate of drug-likeness (QED) is 0.687. The number of aromatic carboxylic acids is 1. The van der Waals surface area contributed by atoms with E-state index in [9.17, 15) is 14.7 Å². The van der Waals surface area contributed by atoms with Crippen LogP contribution in [0.1, 0.15) is 33.2 Å². The lowest BCUT2D eigenvalue weighted by Gasteiger charge is -2.29. The average Bonchev–Trinajstić information content (AvgIpc) is 2.15. The highest BCUT2D eigenvalue weighted by molar-refractivity contribution is 5.96. The first-order valence-electron chi connectivity index (χ1n) is 4.71. The molecular weight excluding hydrogens is 212 g/mol. The Labute approximate surface area is 91.3 Å². The van der Waals surface area contributed by atoms with E-state index >= 15 is 0 Å². The number of carbonyl (C=O) groups excluding carboxylic acids is 1. The van der Waals surface area contributed by atoms with E-state index in [2.05, 4.69) is 0 Å². The van der Waals surface area contributed by atoms with E-state index in [1.54, 1.807) is 0 Å². The van der Waals surface area contributed by atoms with Gasteiger partial charge in [0.1, 0.15) is 0 Å². The van der Waals surface area contributed by atoms with E-state index in [0.717, 1.165) is 0 Å². The van der Waals surface area contributed by atoms with Crippen LogP contribution < -0.4 is 0 Å². The first kappa shape index (κ1) is 10.6. The molecule has 0 aliphatic carbocycles. The lowest BCUT2D eigenvalue weighted by atomic mass is 9.95.